The molecule has 0 saturated carbocycles. The lowest BCUT2D eigenvalue weighted by atomic mass is 9.98. The zero-order valence-electron chi connectivity index (χ0n) is 15.2. The van der Waals surface area contributed by atoms with E-state index in [4.69, 9.17) is 4.74 Å². The molecule has 0 aliphatic heterocycles. The second-order valence-electron chi connectivity index (χ2n) is 6.34. The fraction of sp³-hybridized carbons (Fsp3) is 0.227. The Morgan fingerprint density at radius 3 is 2.58 bits per heavy atom. The lowest BCUT2D eigenvalue weighted by Gasteiger charge is -2.21. The van der Waals surface area contributed by atoms with E-state index in [9.17, 15) is 4.79 Å². The third-order valence-electron chi connectivity index (χ3n) is 4.54. The van der Waals surface area contributed by atoms with Crippen LogP contribution in [0.2, 0.25) is 0 Å². The summed E-state index contributed by atoms with van der Waals surface area (Å²) in [6.45, 7) is 2.57. The van der Waals surface area contributed by atoms with Crippen LogP contribution in [0.5, 0.6) is 5.75 Å². The predicted octanol–water partition coefficient (Wildman–Crippen LogP) is 4.10. The fourth-order valence-electron chi connectivity index (χ4n) is 3.12. The lowest BCUT2D eigenvalue weighted by molar-refractivity contribution is -0.121. The molecule has 0 aliphatic carbocycles. The standard InChI is InChI=1S/C22H24N2O2/c1-17-8-3-4-11-20(17)21(24-12-5-6-13-24)15-22(25)23-16-18-9-7-10-19(14-18)26-2/h3-14,21H,15-16H2,1-2H3,(H,23,25)/t21-/m0/s1. The van der Waals surface area contributed by atoms with Crippen molar-refractivity contribution in [3.8, 4) is 5.75 Å². The molecule has 1 amide bonds. The number of carbonyl (C=O) groups is 1. The van der Waals surface area contributed by atoms with Crippen molar-refractivity contribution in [3.05, 3.63) is 89.7 Å². The van der Waals surface area contributed by atoms with Crippen LogP contribution in [0.25, 0.3) is 0 Å². The molecule has 4 heteroatoms. The van der Waals surface area contributed by atoms with Crippen molar-refractivity contribution in [2.75, 3.05) is 7.11 Å². The number of hydrogen-bond donors (Lipinski definition) is 1. The number of amides is 1. The summed E-state index contributed by atoms with van der Waals surface area (Å²) in [5.74, 6) is 0.816. The average molecular weight is 348 g/mol. The summed E-state index contributed by atoms with van der Waals surface area (Å²) in [6, 6.07) is 19.9. The number of rotatable bonds is 7. The van der Waals surface area contributed by atoms with Crippen LogP contribution in [0.1, 0.15) is 29.2 Å². The zero-order valence-corrected chi connectivity index (χ0v) is 15.2. The molecule has 26 heavy (non-hydrogen) atoms. The number of carbonyl (C=O) groups excluding carboxylic acids is 1. The molecule has 0 bridgehead atoms. The van der Waals surface area contributed by atoms with Gasteiger partial charge in [0.2, 0.25) is 5.91 Å². The number of methoxy groups -OCH3 is 1. The highest BCUT2D eigenvalue weighted by molar-refractivity contribution is 5.77. The second kappa shape index (κ2) is 8.39. The van der Waals surface area contributed by atoms with Gasteiger partial charge in [0.05, 0.1) is 19.6 Å². The highest BCUT2D eigenvalue weighted by Crippen LogP contribution is 2.25. The average Bonchev–Trinajstić information content (AvgIpc) is 3.20. The van der Waals surface area contributed by atoms with E-state index in [1.54, 1.807) is 7.11 Å². The molecule has 0 unspecified atom stereocenters. The number of hydrogen-bond acceptors (Lipinski definition) is 2. The molecule has 0 fully saturated rings. The van der Waals surface area contributed by atoms with Crippen molar-refractivity contribution >= 4 is 5.91 Å². The van der Waals surface area contributed by atoms with Gasteiger partial charge in [0.1, 0.15) is 5.75 Å². The molecule has 1 atom stereocenters. The summed E-state index contributed by atoms with van der Waals surface area (Å²) < 4.78 is 7.32. The fourth-order valence-corrected chi connectivity index (χ4v) is 3.12. The molecule has 0 aliphatic rings. The lowest BCUT2D eigenvalue weighted by Crippen LogP contribution is -2.26. The van der Waals surface area contributed by atoms with Gasteiger partial charge < -0.3 is 14.6 Å². The van der Waals surface area contributed by atoms with E-state index in [-0.39, 0.29) is 11.9 Å². The minimum absolute atomic E-state index is 0.0171. The van der Waals surface area contributed by atoms with Gasteiger partial charge in [-0.2, -0.15) is 0 Å². The largest absolute Gasteiger partial charge is 0.497 e. The van der Waals surface area contributed by atoms with Gasteiger partial charge >= 0.3 is 0 Å². The first-order valence-corrected chi connectivity index (χ1v) is 8.75. The quantitative estimate of drug-likeness (QED) is 0.698. The van der Waals surface area contributed by atoms with Gasteiger partial charge in [0, 0.05) is 18.9 Å². The number of aryl methyl sites for hydroxylation is 1. The Morgan fingerprint density at radius 1 is 1.08 bits per heavy atom. The SMILES string of the molecule is COc1cccc(CNC(=O)C[C@@H](c2ccccc2C)n2cccc2)c1. The maximum atomic E-state index is 12.6. The first-order valence-electron chi connectivity index (χ1n) is 8.75. The first kappa shape index (κ1) is 17.8. The van der Waals surface area contributed by atoms with E-state index in [0.29, 0.717) is 13.0 Å². The van der Waals surface area contributed by atoms with Gasteiger partial charge in [-0.15, -0.1) is 0 Å². The Morgan fingerprint density at radius 2 is 1.85 bits per heavy atom. The Bertz CT molecular complexity index is 856. The van der Waals surface area contributed by atoms with Crippen LogP contribution in [0.3, 0.4) is 0 Å². The molecule has 1 heterocycles. The van der Waals surface area contributed by atoms with Crippen molar-refractivity contribution < 1.29 is 9.53 Å². The summed E-state index contributed by atoms with van der Waals surface area (Å²) in [7, 11) is 1.64. The smallest absolute Gasteiger partial charge is 0.222 e. The maximum Gasteiger partial charge on any atom is 0.222 e. The van der Waals surface area contributed by atoms with Gasteiger partial charge in [-0.3, -0.25) is 4.79 Å². The maximum absolute atomic E-state index is 12.6. The molecular weight excluding hydrogens is 324 g/mol. The van der Waals surface area contributed by atoms with Crippen molar-refractivity contribution in [2.45, 2.75) is 25.9 Å². The van der Waals surface area contributed by atoms with E-state index in [1.807, 2.05) is 60.9 Å². The molecule has 0 radical (unpaired) electrons. The van der Waals surface area contributed by atoms with Crippen molar-refractivity contribution in [1.82, 2.24) is 9.88 Å². The molecule has 3 aromatic rings. The molecule has 1 N–H and O–H groups in total. The normalized spacial score (nSPS) is 11.8. The molecule has 3 rings (SSSR count). The minimum atomic E-state index is -0.0171. The Kier molecular flexibility index (Phi) is 5.74. The monoisotopic (exact) mass is 348 g/mol. The molecule has 4 nitrogen and oxygen atoms in total. The second-order valence-corrected chi connectivity index (χ2v) is 6.34. The van der Waals surface area contributed by atoms with E-state index >= 15 is 0 Å². The van der Waals surface area contributed by atoms with Crippen LogP contribution >= 0.6 is 0 Å². The number of benzene rings is 2. The number of nitrogens with one attached hydrogen (secondary N) is 1. The van der Waals surface area contributed by atoms with Crippen LogP contribution < -0.4 is 10.1 Å². The Labute approximate surface area is 154 Å². The third kappa shape index (κ3) is 4.33. The van der Waals surface area contributed by atoms with Crippen molar-refractivity contribution in [3.63, 3.8) is 0 Å². The Hall–Kier alpha value is -3.01. The van der Waals surface area contributed by atoms with E-state index in [1.165, 1.54) is 11.1 Å². The van der Waals surface area contributed by atoms with Crippen molar-refractivity contribution in [1.29, 1.82) is 0 Å². The topological polar surface area (TPSA) is 43.3 Å². The van der Waals surface area contributed by atoms with E-state index in [0.717, 1.165) is 11.3 Å². The van der Waals surface area contributed by atoms with Gasteiger partial charge in [0.25, 0.3) is 0 Å². The molecule has 0 spiro atoms. The molecule has 1 aromatic heterocycles. The highest BCUT2D eigenvalue weighted by atomic mass is 16.5. The first-order chi connectivity index (χ1) is 12.7. The van der Waals surface area contributed by atoms with Crippen LogP contribution in [0, 0.1) is 6.92 Å². The van der Waals surface area contributed by atoms with Gasteiger partial charge in [-0.25, -0.2) is 0 Å². The van der Waals surface area contributed by atoms with Crippen molar-refractivity contribution in [2.24, 2.45) is 0 Å². The number of aromatic nitrogens is 1. The predicted molar refractivity (Wildman–Crippen MR) is 103 cm³/mol. The Balaban J connectivity index is 1.71. The third-order valence-corrected chi connectivity index (χ3v) is 4.54. The van der Waals surface area contributed by atoms with Crippen LogP contribution in [0.15, 0.2) is 73.1 Å². The molecular formula is C22H24N2O2. The van der Waals surface area contributed by atoms with Crippen LogP contribution in [-0.2, 0) is 11.3 Å². The highest BCUT2D eigenvalue weighted by Gasteiger charge is 2.18. The summed E-state index contributed by atoms with van der Waals surface area (Å²) in [5, 5.41) is 3.02. The van der Waals surface area contributed by atoms with E-state index in [2.05, 4.69) is 28.9 Å². The molecule has 2 aromatic carbocycles. The summed E-state index contributed by atoms with van der Waals surface area (Å²) in [4.78, 5) is 12.6. The summed E-state index contributed by atoms with van der Waals surface area (Å²) in [6.07, 6.45) is 4.41. The number of ether oxygens (including phenoxy) is 1. The van der Waals surface area contributed by atoms with E-state index < -0.39 is 0 Å². The van der Waals surface area contributed by atoms with Crippen LogP contribution in [-0.4, -0.2) is 17.6 Å². The van der Waals surface area contributed by atoms with Gasteiger partial charge in [0.15, 0.2) is 0 Å². The molecule has 134 valence electrons. The van der Waals surface area contributed by atoms with Crippen LogP contribution in [0.4, 0.5) is 0 Å². The summed E-state index contributed by atoms with van der Waals surface area (Å²) in [5.41, 5.74) is 3.37. The minimum Gasteiger partial charge on any atom is -0.497 e. The summed E-state index contributed by atoms with van der Waals surface area (Å²) >= 11 is 0. The van der Waals surface area contributed by atoms with Gasteiger partial charge in [-0.05, 0) is 47.9 Å². The molecule has 0 saturated heterocycles. The van der Waals surface area contributed by atoms with Gasteiger partial charge in [-0.1, -0.05) is 36.4 Å². The zero-order chi connectivity index (χ0) is 18.4. The number of nitrogens with zero attached hydrogens (tertiary/aromatic N) is 1.